The summed E-state index contributed by atoms with van der Waals surface area (Å²) in [6.45, 7) is 9.75. The van der Waals surface area contributed by atoms with Gasteiger partial charge in [0.15, 0.2) is 0 Å². The van der Waals surface area contributed by atoms with Gasteiger partial charge >= 0.3 is 23.9 Å². The fraction of sp³-hybridized carbons (Fsp3) is 0.238. The lowest BCUT2D eigenvalue weighted by atomic mass is 9.84. The number of esters is 4. The van der Waals surface area contributed by atoms with E-state index in [0.29, 0.717) is 164 Å². The fourth-order valence-electron chi connectivity index (χ4n) is 11.3. The molecule has 0 saturated carbocycles. The van der Waals surface area contributed by atoms with E-state index < -0.39 is 23.9 Å². The minimum atomic E-state index is -0.737. The Bertz CT molecular complexity index is 3750. The number of fused-ring (bicyclic) bond motifs is 8. The Kier molecular flexibility index (Phi) is 27.1. The number of hydrogen-bond acceptors (Lipinski definition) is 16. The molecule has 0 aromatic heterocycles. The van der Waals surface area contributed by atoms with E-state index in [-0.39, 0.29) is 48.7 Å². The van der Waals surface area contributed by atoms with Crippen LogP contribution in [0.15, 0.2) is 170 Å². The summed E-state index contributed by atoms with van der Waals surface area (Å²) in [7, 11) is 0. The van der Waals surface area contributed by atoms with Crippen molar-refractivity contribution in [3.63, 3.8) is 0 Å². The third-order valence-corrected chi connectivity index (χ3v) is 16.3. The molecule has 0 fully saturated rings. The number of unbranched alkanes of at least 4 members (excludes halogenated alkanes) is 4. The molecule has 100 heavy (non-hydrogen) atoms. The lowest BCUT2D eigenvalue weighted by Gasteiger charge is -2.23. The molecule has 1 aliphatic rings. The van der Waals surface area contributed by atoms with Crippen molar-refractivity contribution in [2.24, 2.45) is 0 Å². The van der Waals surface area contributed by atoms with Crippen LogP contribution in [-0.2, 0) is 44.9 Å². The van der Waals surface area contributed by atoms with Crippen molar-refractivity contribution in [1.29, 1.82) is 0 Å². The van der Waals surface area contributed by atoms with Gasteiger partial charge in [-0.2, -0.15) is 0 Å². The van der Waals surface area contributed by atoms with E-state index in [1.807, 2.05) is 48.5 Å². The molecule has 16 heteroatoms. The first-order chi connectivity index (χ1) is 48.8. The van der Waals surface area contributed by atoms with Crippen molar-refractivity contribution in [2.75, 3.05) is 26.4 Å². The predicted octanol–water partition coefficient (Wildman–Crippen LogP) is 16.8. The minimum Gasteiger partial charge on any atom is -0.494 e. The van der Waals surface area contributed by atoms with E-state index in [1.54, 1.807) is 97.1 Å². The maximum atomic E-state index is 14.2. The zero-order valence-electron chi connectivity index (χ0n) is 56.6. The summed E-state index contributed by atoms with van der Waals surface area (Å²) in [5.41, 5.74) is 9.00. The van der Waals surface area contributed by atoms with Crippen LogP contribution in [0.3, 0.4) is 0 Å². The van der Waals surface area contributed by atoms with Gasteiger partial charge in [0.2, 0.25) is 0 Å². The normalized spacial score (nSPS) is 11.9. The Labute approximate surface area is 582 Å². The molecule has 0 N–H and O–H groups in total. The molecule has 0 aliphatic heterocycles. The molecule has 0 atom stereocenters. The lowest BCUT2D eigenvalue weighted by Crippen LogP contribution is -2.10. The van der Waals surface area contributed by atoms with E-state index in [1.165, 1.54) is 48.6 Å². The highest BCUT2D eigenvalue weighted by atomic mass is 16.5. The van der Waals surface area contributed by atoms with Gasteiger partial charge in [-0.3, -0.25) is 19.2 Å². The Morgan fingerprint density at radius 3 is 0.670 bits per heavy atom. The second-order valence-corrected chi connectivity index (χ2v) is 23.9. The van der Waals surface area contributed by atoms with Crippen LogP contribution in [0.25, 0.3) is 24.3 Å². The van der Waals surface area contributed by atoms with E-state index >= 15 is 0 Å². The number of hydrogen-bond donors (Lipinski definition) is 0. The zero-order valence-corrected chi connectivity index (χ0v) is 56.6. The van der Waals surface area contributed by atoms with Gasteiger partial charge in [-0.1, -0.05) is 102 Å². The maximum Gasteiger partial charge on any atom is 0.336 e. The second kappa shape index (κ2) is 37.3. The Hall–Kier alpha value is -11.5. The van der Waals surface area contributed by atoms with Gasteiger partial charge in [0, 0.05) is 46.6 Å². The van der Waals surface area contributed by atoms with Crippen molar-refractivity contribution < 1.29 is 76.3 Å². The fourth-order valence-corrected chi connectivity index (χ4v) is 11.3. The number of carbonyl (C=O) groups is 8. The van der Waals surface area contributed by atoms with Gasteiger partial charge in [0.1, 0.15) is 71.1 Å². The molecule has 8 aromatic carbocycles. The number of carbonyl (C=O) groups excluding carboxylic acids is 8. The highest BCUT2D eigenvalue weighted by Crippen LogP contribution is 2.39. The molecule has 0 spiro atoms. The molecule has 8 aromatic rings. The van der Waals surface area contributed by atoms with Crippen LogP contribution in [0.4, 0.5) is 0 Å². The van der Waals surface area contributed by atoms with Crippen LogP contribution in [0, 0.1) is 0 Å². The molecular formula is C84H80O16. The molecule has 0 saturated heterocycles. The summed E-state index contributed by atoms with van der Waals surface area (Å²) in [6.07, 6.45) is 21.5. The SMILES string of the molecule is CCCCOc1cc2c(C=CC(=O)Oc3cccc(C=O)c3)c(c1)Cc1cc(OCCCC)cc(c1C=CC(=O)Oc1cccc(C=O)c1)Cc1cc(OCCCC)cc(c1C=CC(=O)Oc1cccc(C=O)c1)Cc1cc(OCCCC)cc(c1C=CC(=O)Oc1cccc(C=O)c1)C2. The van der Waals surface area contributed by atoms with Gasteiger partial charge in [0.25, 0.3) is 0 Å². The van der Waals surface area contributed by atoms with Crippen molar-refractivity contribution in [1.82, 2.24) is 0 Å². The third kappa shape index (κ3) is 21.2. The summed E-state index contributed by atoms with van der Waals surface area (Å²) in [5.74, 6) is -0.255. The van der Waals surface area contributed by atoms with Crippen LogP contribution in [0.2, 0.25) is 0 Å². The van der Waals surface area contributed by atoms with Gasteiger partial charge in [0.05, 0.1) is 26.4 Å². The van der Waals surface area contributed by atoms with Crippen LogP contribution >= 0.6 is 0 Å². The van der Waals surface area contributed by atoms with Crippen LogP contribution in [0.5, 0.6) is 46.0 Å². The molecule has 8 bridgehead atoms. The van der Waals surface area contributed by atoms with Crippen molar-refractivity contribution in [3.05, 3.63) is 259 Å². The standard InChI is InChI=1S/C84H80O16/c1-5-9-33-93-73-45-61-41-63-47-74(94-34-10-6-2)49-65(78(63)26-30-82(90)98-70-22-14-18-58(38-70)54-86)43-67-51-76(96-36-12-8-4)52-68(80(67)28-32-84(92)100-72-24-16-20-60(40-72)56-88)44-66-50-75(95-35-11-7-3)48-64(79(66)27-31-83(91)99-71-23-15-19-59(39-71)55-87)42-62(46-73)77(61)25-29-81(89)97-69-21-13-17-57(37-69)53-85/h13-32,37-40,45-56H,5-12,33-36,41-44H2,1-4H3. The predicted molar refractivity (Wildman–Crippen MR) is 385 cm³/mol. The van der Waals surface area contributed by atoms with Crippen molar-refractivity contribution in [3.8, 4) is 46.0 Å². The highest BCUT2D eigenvalue weighted by Gasteiger charge is 2.24. The molecule has 16 nitrogen and oxygen atoms in total. The third-order valence-electron chi connectivity index (χ3n) is 16.3. The number of aldehydes is 4. The van der Waals surface area contributed by atoms with E-state index in [4.69, 9.17) is 37.9 Å². The molecule has 0 amide bonds. The molecule has 0 radical (unpaired) electrons. The van der Waals surface area contributed by atoms with E-state index in [2.05, 4.69) is 27.7 Å². The summed E-state index contributed by atoms with van der Waals surface area (Å²) in [6, 6.07) is 40.5. The smallest absolute Gasteiger partial charge is 0.336 e. The van der Waals surface area contributed by atoms with Crippen LogP contribution in [0.1, 0.15) is 187 Å². The van der Waals surface area contributed by atoms with Crippen molar-refractivity contribution >= 4 is 73.3 Å². The van der Waals surface area contributed by atoms with Crippen LogP contribution < -0.4 is 37.9 Å². The summed E-state index contributed by atoms with van der Waals surface area (Å²) in [5, 5.41) is 0. The molecular weight excluding hydrogens is 1260 g/mol. The minimum absolute atomic E-state index is 0.118. The van der Waals surface area contributed by atoms with Gasteiger partial charge in [-0.15, -0.1) is 0 Å². The number of ether oxygens (including phenoxy) is 8. The average molecular weight is 1350 g/mol. The largest absolute Gasteiger partial charge is 0.494 e. The Morgan fingerprint density at radius 1 is 0.290 bits per heavy atom. The van der Waals surface area contributed by atoms with Gasteiger partial charge in [-0.05, 0) is 239 Å². The summed E-state index contributed by atoms with van der Waals surface area (Å²) < 4.78 is 50.0. The number of benzene rings is 8. The second-order valence-electron chi connectivity index (χ2n) is 23.9. The molecule has 9 rings (SSSR count). The highest BCUT2D eigenvalue weighted by molar-refractivity contribution is 5.93. The summed E-state index contributed by atoms with van der Waals surface area (Å²) in [4.78, 5) is 104. The zero-order chi connectivity index (χ0) is 70.6. The average Bonchev–Trinajstić information content (AvgIpc) is 0.774. The number of rotatable bonds is 32. The maximum absolute atomic E-state index is 14.2. The Balaban J connectivity index is 1.37. The summed E-state index contributed by atoms with van der Waals surface area (Å²) >= 11 is 0. The topological polar surface area (TPSA) is 210 Å². The van der Waals surface area contributed by atoms with Gasteiger partial charge in [-0.25, -0.2) is 19.2 Å². The Morgan fingerprint density at radius 2 is 0.490 bits per heavy atom. The lowest BCUT2D eigenvalue weighted by molar-refractivity contribution is -0.129. The molecule has 0 heterocycles. The van der Waals surface area contributed by atoms with E-state index in [0.717, 1.165) is 51.4 Å². The van der Waals surface area contributed by atoms with E-state index in [9.17, 15) is 38.4 Å². The van der Waals surface area contributed by atoms with Crippen molar-refractivity contribution in [2.45, 2.75) is 105 Å². The monoisotopic (exact) mass is 1340 g/mol. The molecule has 0 unspecified atom stereocenters. The molecule has 512 valence electrons. The first-order valence-electron chi connectivity index (χ1n) is 33.7. The molecule has 1 aliphatic carbocycles. The quantitative estimate of drug-likeness (QED) is 0.0126. The first kappa shape index (κ1) is 72.7. The first-order valence-corrected chi connectivity index (χ1v) is 33.7. The van der Waals surface area contributed by atoms with Gasteiger partial charge < -0.3 is 37.9 Å². The van der Waals surface area contributed by atoms with Crippen LogP contribution in [-0.4, -0.2) is 75.4 Å².